The molecule has 0 bridgehead atoms. The number of hydrogen-bond acceptors (Lipinski definition) is 2. The normalized spacial score (nSPS) is 11.3. The van der Waals surface area contributed by atoms with Gasteiger partial charge in [-0.1, -0.05) is 243 Å². The number of aryl methyl sites for hydroxylation is 2. The molecule has 0 radical (unpaired) electrons. The molecule has 0 aliphatic carbocycles. The summed E-state index contributed by atoms with van der Waals surface area (Å²) in [6.45, 7) is 4.57. The van der Waals surface area contributed by atoms with E-state index in [2.05, 4.69) is 397 Å². The maximum atomic E-state index is 2.46. The molecular weight excluding hydrogens is 1140 g/mol. The van der Waals surface area contributed by atoms with E-state index in [4.69, 9.17) is 0 Å². The molecule has 2 aromatic heterocycles. The molecule has 0 aliphatic heterocycles. The second-order valence-electron chi connectivity index (χ2n) is 24.2. The molecule has 0 amide bonds. The Labute approximate surface area is 550 Å². The Morgan fingerprint density at radius 2 is 0.436 bits per heavy atom. The number of nitrogens with zero attached hydrogens (tertiary/aromatic N) is 4. The largest absolute Gasteiger partial charge is 0.310 e. The monoisotopic (exact) mass is 1200 g/mol. The molecule has 0 fully saturated rings. The van der Waals surface area contributed by atoms with Gasteiger partial charge in [-0.25, -0.2) is 0 Å². The van der Waals surface area contributed by atoms with Crippen molar-refractivity contribution in [2.75, 3.05) is 9.80 Å². The van der Waals surface area contributed by atoms with Crippen LogP contribution in [0.3, 0.4) is 0 Å². The molecule has 0 spiro atoms. The Hall–Kier alpha value is -12.2. The van der Waals surface area contributed by atoms with Crippen LogP contribution in [-0.4, -0.2) is 9.13 Å². The summed E-state index contributed by atoms with van der Waals surface area (Å²) in [5.41, 5.74) is 29.8. The van der Waals surface area contributed by atoms with E-state index in [9.17, 15) is 0 Å². The van der Waals surface area contributed by atoms with Gasteiger partial charge in [-0.15, -0.1) is 0 Å². The highest BCUT2D eigenvalue weighted by Crippen LogP contribution is 2.45. The number of aromatic nitrogens is 2. The summed E-state index contributed by atoms with van der Waals surface area (Å²) in [5.74, 6) is 0. The lowest BCUT2D eigenvalue weighted by Crippen LogP contribution is -2.10. The fourth-order valence-corrected chi connectivity index (χ4v) is 13.9. The van der Waals surface area contributed by atoms with Gasteiger partial charge >= 0.3 is 0 Å². The summed E-state index contributed by atoms with van der Waals surface area (Å²) in [5, 5.41) is 2.43. The van der Waals surface area contributed by atoms with Crippen molar-refractivity contribution in [1.29, 1.82) is 0 Å². The molecule has 14 aromatic carbocycles. The standard InChI is InChI=1S/C90H66N4/c1-63-85-61-75(45-55-87(85)93(89(63)69-33-17-7-18-34-69)79-51-47-77(48-52-79)91(81-41-21-37-71(57-81)65-25-9-3-10-26-65)82-42-22-38-72(58-82)66-27-11-4-12-28-66)76-46-56-88-86(62-76)64(2)90(70-35-19-8-20-36-70)94(88)80-53-49-78(50-54-80)92(83-43-23-39-73(59-83)67-29-13-5-14-30-67)84-44-24-40-74(60-84)68-31-15-6-16-32-68/h3-62H,1-2H3. The second kappa shape index (κ2) is 24.9. The first-order valence-electron chi connectivity index (χ1n) is 32.3. The summed E-state index contributed by atoms with van der Waals surface area (Å²) in [7, 11) is 0. The van der Waals surface area contributed by atoms with Crippen LogP contribution in [0.2, 0.25) is 0 Å². The zero-order valence-corrected chi connectivity index (χ0v) is 52.4. The van der Waals surface area contributed by atoms with Gasteiger partial charge < -0.3 is 18.9 Å². The number of fused-ring (bicyclic) bond motifs is 2. The van der Waals surface area contributed by atoms with E-state index in [1.165, 1.54) is 100 Å². The van der Waals surface area contributed by atoms with E-state index in [0.717, 1.165) is 56.5 Å². The molecule has 4 nitrogen and oxygen atoms in total. The van der Waals surface area contributed by atoms with Gasteiger partial charge in [0.2, 0.25) is 0 Å². The summed E-state index contributed by atoms with van der Waals surface area (Å²) < 4.78 is 4.91. The van der Waals surface area contributed by atoms with Gasteiger partial charge in [-0.3, -0.25) is 0 Å². The predicted octanol–water partition coefficient (Wildman–Crippen LogP) is 24.8. The summed E-state index contributed by atoms with van der Waals surface area (Å²) in [4.78, 5) is 4.76. The Morgan fingerprint density at radius 3 is 0.713 bits per heavy atom. The van der Waals surface area contributed by atoms with Gasteiger partial charge in [0.15, 0.2) is 0 Å². The van der Waals surface area contributed by atoms with Crippen LogP contribution < -0.4 is 9.80 Å². The lowest BCUT2D eigenvalue weighted by Gasteiger charge is -2.27. The Morgan fingerprint density at radius 1 is 0.191 bits per heavy atom. The topological polar surface area (TPSA) is 16.3 Å². The fourth-order valence-electron chi connectivity index (χ4n) is 13.9. The van der Waals surface area contributed by atoms with Crippen molar-refractivity contribution < 1.29 is 0 Å². The minimum absolute atomic E-state index is 1.07. The zero-order chi connectivity index (χ0) is 62.9. The minimum Gasteiger partial charge on any atom is -0.310 e. The summed E-state index contributed by atoms with van der Waals surface area (Å²) >= 11 is 0. The molecule has 16 aromatic rings. The maximum Gasteiger partial charge on any atom is 0.0570 e. The van der Waals surface area contributed by atoms with Crippen LogP contribution in [0, 0.1) is 13.8 Å². The number of hydrogen-bond donors (Lipinski definition) is 0. The molecule has 446 valence electrons. The smallest absolute Gasteiger partial charge is 0.0570 e. The third kappa shape index (κ3) is 10.8. The van der Waals surface area contributed by atoms with Crippen LogP contribution in [0.5, 0.6) is 0 Å². The Kier molecular flexibility index (Phi) is 15.1. The molecule has 4 heteroatoms. The van der Waals surface area contributed by atoms with Crippen LogP contribution in [0.1, 0.15) is 11.1 Å². The van der Waals surface area contributed by atoms with Crippen molar-refractivity contribution in [1.82, 2.24) is 9.13 Å². The highest BCUT2D eigenvalue weighted by Gasteiger charge is 2.23. The van der Waals surface area contributed by atoms with Crippen LogP contribution in [-0.2, 0) is 0 Å². The van der Waals surface area contributed by atoms with Gasteiger partial charge in [0.05, 0.1) is 22.4 Å². The SMILES string of the molecule is Cc1c(-c2ccccc2)n(-c2ccc(N(c3cccc(-c4ccccc4)c3)c3cccc(-c4ccccc4)c3)cc2)c2ccc(-c3ccc4c(c3)c(C)c(-c3ccccc3)n4-c3ccc(N(c4cccc(-c5ccccc5)c4)c4cccc(-c5ccccc5)c4)cc3)cc12. The molecule has 94 heavy (non-hydrogen) atoms. The van der Waals surface area contributed by atoms with Crippen molar-refractivity contribution in [2.24, 2.45) is 0 Å². The molecule has 0 aliphatic rings. The van der Waals surface area contributed by atoms with Crippen molar-refractivity contribution in [3.05, 3.63) is 375 Å². The van der Waals surface area contributed by atoms with Crippen LogP contribution in [0.25, 0.3) is 111 Å². The van der Waals surface area contributed by atoms with E-state index in [0.29, 0.717) is 0 Å². The maximum absolute atomic E-state index is 2.46. The van der Waals surface area contributed by atoms with Gasteiger partial charge in [0.1, 0.15) is 0 Å². The summed E-state index contributed by atoms with van der Waals surface area (Å²) in [6.07, 6.45) is 0. The molecule has 0 unspecified atom stereocenters. The molecule has 0 N–H and O–H groups in total. The lowest BCUT2D eigenvalue weighted by molar-refractivity contribution is 1.12. The van der Waals surface area contributed by atoms with E-state index in [-0.39, 0.29) is 0 Å². The molecule has 0 saturated heterocycles. The molecule has 0 saturated carbocycles. The number of benzene rings is 14. The van der Waals surface area contributed by atoms with Crippen LogP contribution in [0.15, 0.2) is 364 Å². The highest BCUT2D eigenvalue weighted by molar-refractivity contribution is 6.00. The molecule has 0 atom stereocenters. The van der Waals surface area contributed by atoms with Gasteiger partial charge in [0.25, 0.3) is 0 Å². The first-order chi connectivity index (χ1) is 46.5. The fraction of sp³-hybridized carbons (Fsp3) is 0.0222. The van der Waals surface area contributed by atoms with Crippen molar-refractivity contribution >= 4 is 55.9 Å². The zero-order valence-electron chi connectivity index (χ0n) is 52.4. The average Bonchev–Trinajstić information content (AvgIpc) is 1.61. The van der Waals surface area contributed by atoms with E-state index in [1.807, 2.05) is 0 Å². The average molecular weight is 1200 g/mol. The van der Waals surface area contributed by atoms with Gasteiger partial charge in [-0.05, 0) is 213 Å². The Balaban J connectivity index is 0.781. The Bertz CT molecular complexity index is 4840. The number of anilines is 6. The van der Waals surface area contributed by atoms with Crippen molar-refractivity contribution in [3.63, 3.8) is 0 Å². The lowest BCUT2D eigenvalue weighted by atomic mass is 9.99. The third-order valence-electron chi connectivity index (χ3n) is 18.4. The molecule has 16 rings (SSSR count). The van der Waals surface area contributed by atoms with Crippen LogP contribution >= 0.6 is 0 Å². The third-order valence-corrected chi connectivity index (χ3v) is 18.4. The van der Waals surface area contributed by atoms with Gasteiger partial charge in [-0.2, -0.15) is 0 Å². The van der Waals surface area contributed by atoms with Crippen molar-refractivity contribution in [2.45, 2.75) is 13.8 Å². The van der Waals surface area contributed by atoms with E-state index >= 15 is 0 Å². The van der Waals surface area contributed by atoms with E-state index in [1.54, 1.807) is 0 Å². The van der Waals surface area contributed by atoms with Crippen LogP contribution in [0.4, 0.5) is 34.1 Å². The van der Waals surface area contributed by atoms with Gasteiger partial charge in [0, 0.05) is 56.3 Å². The quantitative estimate of drug-likeness (QED) is 0.102. The predicted molar refractivity (Wildman–Crippen MR) is 397 cm³/mol. The van der Waals surface area contributed by atoms with Crippen molar-refractivity contribution in [3.8, 4) is 89.5 Å². The highest BCUT2D eigenvalue weighted by atomic mass is 15.1. The minimum atomic E-state index is 1.07. The second-order valence-corrected chi connectivity index (χ2v) is 24.2. The molecular formula is C90H66N4. The first-order valence-corrected chi connectivity index (χ1v) is 32.3. The summed E-state index contributed by atoms with van der Waals surface area (Å²) in [6, 6.07) is 132. The van der Waals surface area contributed by atoms with E-state index < -0.39 is 0 Å². The molecule has 2 heterocycles. The number of rotatable bonds is 15. The first kappa shape index (κ1) is 57.0.